The van der Waals surface area contributed by atoms with Crippen molar-refractivity contribution in [2.45, 2.75) is 38.2 Å². The van der Waals surface area contributed by atoms with Crippen molar-refractivity contribution in [2.75, 3.05) is 13.1 Å². The zero-order chi connectivity index (χ0) is 10.9. The van der Waals surface area contributed by atoms with E-state index < -0.39 is 5.60 Å². The molecule has 0 aromatic carbocycles. The quantitative estimate of drug-likeness (QED) is 0.662. The van der Waals surface area contributed by atoms with Crippen molar-refractivity contribution in [3.63, 3.8) is 0 Å². The normalized spacial score (nSPS) is 35.9. The molecule has 1 amide bonds. The fourth-order valence-electron chi connectivity index (χ4n) is 2.41. The van der Waals surface area contributed by atoms with Crippen LogP contribution in [-0.2, 0) is 4.79 Å². The van der Waals surface area contributed by atoms with Gasteiger partial charge in [-0.3, -0.25) is 4.79 Å². The SMILES string of the molecule is CC1(O)CCN(C(=O)C2CC=CCC2)C1. The van der Waals surface area contributed by atoms with E-state index in [1.54, 1.807) is 6.92 Å². The highest BCUT2D eigenvalue weighted by atomic mass is 16.3. The lowest BCUT2D eigenvalue weighted by Crippen LogP contribution is -2.37. The van der Waals surface area contributed by atoms with Crippen LogP contribution in [0.4, 0.5) is 0 Å². The van der Waals surface area contributed by atoms with Gasteiger partial charge in [0.25, 0.3) is 0 Å². The van der Waals surface area contributed by atoms with Crippen LogP contribution in [0.5, 0.6) is 0 Å². The smallest absolute Gasteiger partial charge is 0.226 e. The van der Waals surface area contributed by atoms with Gasteiger partial charge in [0.15, 0.2) is 0 Å². The van der Waals surface area contributed by atoms with Gasteiger partial charge in [-0.05, 0) is 32.6 Å². The van der Waals surface area contributed by atoms with Crippen molar-refractivity contribution in [3.05, 3.63) is 12.2 Å². The minimum absolute atomic E-state index is 0.156. The van der Waals surface area contributed by atoms with E-state index in [0.29, 0.717) is 19.5 Å². The summed E-state index contributed by atoms with van der Waals surface area (Å²) < 4.78 is 0. The summed E-state index contributed by atoms with van der Waals surface area (Å²) in [5, 5.41) is 9.80. The predicted molar refractivity (Wildman–Crippen MR) is 58.3 cm³/mol. The Morgan fingerprint density at radius 2 is 2.33 bits per heavy atom. The van der Waals surface area contributed by atoms with E-state index in [-0.39, 0.29) is 11.8 Å². The maximum Gasteiger partial charge on any atom is 0.226 e. The van der Waals surface area contributed by atoms with Gasteiger partial charge in [-0.1, -0.05) is 12.2 Å². The molecule has 1 fully saturated rings. The van der Waals surface area contributed by atoms with Gasteiger partial charge in [0, 0.05) is 19.0 Å². The summed E-state index contributed by atoms with van der Waals surface area (Å²) in [7, 11) is 0. The Labute approximate surface area is 90.8 Å². The topological polar surface area (TPSA) is 40.5 Å². The van der Waals surface area contributed by atoms with Gasteiger partial charge in [-0.2, -0.15) is 0 Å². The summed E-state index contributed by atoms with van der Waals surface area (Å²) in [5.74, 6) is 0.390. The zero-order valence-corrected chi connectivity index (χ0v) is 9.28. The number of β-amino-alcohol motifs (C(OH)–C–C–N with tert-alkyl or cyclic N) is 1. The highest BCUT2D eigenvalue weighted by molar-refractivity contribution is 5.79. The molecule has 3 heteroatoms. The first-order valence-corrected chi connectivity index (χ1v) is 5.75. The molecule has 84 valence electrons. The summed E-state index contributed by atoms with van der Waals surface area (Å²) in [5.41, 5.74) is -0.667. The molecule has 1 aliphatic heterocycles. The lowest BCUT2D eigenvalue weighted by molar-refractivity contribution is -0.135. The van der Waals surface area contributed by atoms with E-state index in [1.807, 2.05) is 4.90 Å². The molecule has 3 nitrogen and oxygen atoms in total. The molecule has 0 radical (unpaired) electrons. The Bertz CT molecular complexity index is 283. The molecular formula is C12H19NO2. The van der Waals surface area contributed by atoms with E-state index in [2.05, 4.69) is 12.2 Å². The number of allylic oxidation sites excluding steroid dienone is 2. The Balaban J connectivity index is 1.94. The van der Waals surface area contributed by atoms with Crippen LogP contribution in [0.3, 0.4) is 0 Å². The fourth-order valence-corrected chi connectivity index (χ4v) is 2.41. The van der Waals surface area contributed by atoms with Crippen LogP contribution in [-0.4, -0.2) is 34.6 Å². The molecule has 1 N–H and O–H groups in total. The van der Waals surface area contributed by atoms with Crippen LogP contribution in [0.15, 0.2) is 12.2 Å². The number of rotatable bonds is 1. The van der Waals surface area contributed by atoms with Gasteiger partial charge < -0.3 is 10.0 Å². The number of likely N-dealkylation sites (tertiary alicyclic amines) is 1. The van der Waals surface area contributed by atoms with E-state index in [9.17, 15) is 9.90 Å². The van der Waals surface area contributed by atoms with E-state index in [0.717, 1.165) is 19.3 Å². The monoisotopic (exact) mass is 209 g/mol. The van der Waals surface area contributed by atoms with Crippen LogP contribution >= 0.6 is 0 Å². The summed E-state index contributed by atoms with van der Waals surface area (Å²) in [6.45, 7) is 3.03. The van der Waals surface area contributed by atoms with Crippen molar-refractivity contribution in [3.8, 4) is 0 Å². The summed E-state index contributed by atoms with van der Waals surface area (Å²) in [6, 6.07) is 0. The molecule has 15 heavy (non-hydrogen) atoms. The number of aliphatic hydroxyl groups is 1. The highest BCUT2D eigenvalue weighted by Crippen LogP contribution is 2.26. The molecular weight excluding hydrogens is 190 g/mol. The van der Waals surface area contributed by atoms with Crippen LogP contribution in [0.1, 0.15) is 32.6 Å². The molecule has 1 saturated heterocycles. The maximum atomic E-state index is 12.1. The first-order valence-electron chi connectivity index (χ1n) is 5.75. The standard InChI is InChI=1S/C12H19NO2/c1-12(15)7-8-13(9-12)11(14)10-5-3-2-4-6-10/h2-3,10,15H,4-9H2,1H3. The third-order valence-electron chi connectivity index (χ3n) is 3.38. The largest absolute Gasteiger partial charge is 0.388 e. The third kappa shape index (κ3) is 2.40. The maximum absolute atomic E-state index is 12.1. The average Bonchev–Trinajstić information content (AvgIpc) is 2.59. The molecule has 2 atom stereocenters. The number of hydrogen-bond acceptors (Lipinski definition) is 2. The van der Waals surface area contributed by atoms with Gasteiger partial charge >= 0.3 is 0 Å². The number of nitrogens with zero attached hydrogens (tertiary/aromatic N) is 1. The van der Waals surface area contributed by atoms with E-state index >= 15 is 0 Å². The van der Waals surface area contributed by atoms with Gasteiger partial charge in [0.2, 0.25) is 5.91 Å². The molecule has 1 heterocycles. The Kier molecular flexibility index (Phi) is 2.83. The molecule has 0 spiro atoms. The number of carbonyl (C=O) groups excluding carboxylic acids is 1. The van der Waals surface area contributed by atoms with Gasteiger partial charge in [0.05, 0.1) is 5.60 Å². The van der Waals surface area contributed by atoms with Crippen molar-refractivity contribution in [1.82, 2.24) is 4.90 Å². The Morgan fingerprint density at radius 1 is 1.53 bits per heavy atom. The van der Waals surface area contributed by atoms with Crippen molar-refractivity contribution in [2.24, 2.45) is 5.92 Å². The second-order valence-corrected chi connectivity index (χ2v) is 4.99. The molecule has 2 aliphatic rings. The lowest BCUT2D eigenvalue weighted by atomic mass is 9.93. The Hall–Kier alpha value is -0.830. The molecule has 2 unspecified atom stereocenters. The first-order chi connectivity index (χ1) is 7.08. The fraction of sp³-hybridized carbons (Fsp3) is 0.750. The first kappa shape index (κ1) is 10.7. The third-order valence-corrected chi connectivity index (χ3v) is 3.38. The minimum Gasteiger partial charge on any atom is -0.388 e. The molecule has 0 aromatic heterocycles. The summed E-state index contributed by atoms with van der Waals surface area (Å²) >= 11 is 0. The molecule has 0 aromatic rings. The zero-order valence-electron chi connectivity index (χ0n) is 9.28. The molecule has 2 rings (SSSR count). The second-order valence-electron chi connectivity index (χ2n) is 4.99. The van der Waals surface area contributed by atoms with Crippen molar-refractivity contribution < 1.29 is 9.90 Å². The van der Waals surface area contributed by atoms with Crippen molar-refractivity contribution >= 4 is 5.91 Å². The molecule has 1 aliphatic carbocycles. The number of carbonyl (C=O) groups is 1. The van der Waals surface area contributed by atoms with Gasteiger partial charge in [0.1, 0.15) is 0 Å². The van der Waals surface area contributed by atoms with Crippen LogP contribution < -0.4 is 0 Å². The highest BCUT2D eigenvalue weighted by Gasteiger charge is 2.36. The number of amides is 1. The summed E-state index contributed by atoms with van der Waals surface area (Å²) in [6.07, 6.45) is 7.80. The van der Waals surface area contributed by atoms with Crippen LogP contribution in [0.25, 0.3) is 0 Å². The minimum atomic E-state index is -0.667. The second kappa shape index (κ2) is 3.97. The molecule has 0 saturated carbocycles. The predicted octanol–water partition coefficient (Wildman–Crippen LogP) is 1.33. The average molecular weight is 209 g/mol. The van der Waals surface area contributed by atoms with Crippen molar-refractivity contribution in [1.29, 1.82) is 0 Å². The van der Waals surface area contributed by atoms with Crippen LogP contribution in [0, 0.1) is 5.92 Å². The van der Waals surface area contributed by atoms with E-state index in [1.165, 1.54) is 0 Å². The van der Waals surface area contributed by atoms with Crippen LogP contribution in [0.2, 0.25) is 0 Å². The van der Waals surface area contributed by atoms with Gasteiger partial charge in [-0.25, -0.2) is 0 Å². The van der Waals surface area contributed by atoms with E-state index in [4.69, 9.17) is 0 Å². The molecule has 0 bridgehead atoms. The van der Waals surface area contributed by atoms with Gasteiger partial charge in [-0.15, -0.1) is 0 Å². The number of hydrogen-bond donors (Lipinski definition) is 1. The lowest BCUT2D eigenvalue weighted by Gasteiger charge is -2.25. The summed E-state index contributed by atoms with van der Waals surface area (Å²) in [4.78, 5) is 13.9. The Morgan fingerprint density at radius 3 is 2.87 bits per heavy atom.